The van der Waals surface area contributed by atoms with Gasteiger partial charge >= 0.3 is 5.55 Å². The van der Waals surface area contributed by atoms with Crippen molar-refractivity contribution in [2.75, 3.05) is 26.3 Å². The van der Waals surface area contributed by atoms with E-state index < -0.39 is 0 Å². The minimum Gasteiger partial charge on any atom is -0.405 e. The lowest BCUT2D eigenvalue weighted by atomic mass is 10.2. The van der Waals surface area contributed by atoms with E-state index in [4.69, 9.17) is 9.15 Å². The van der Waals surface area contributed by atoms with Crippen molar-refractivity contribution < 1.29 is 9.15 Å². The number of hydrogen-bond donors (Lipinski definition) is 0. The second-order valence-electron chi connectivity index (χ2n) is 4.30. The number of nitrogens with zero attached hydrogens (tertiary/aromatic N) is 1. The Morgan fingerprint density at radius 1 is 0.833 bits per heavy atom. The van der Waals surface area contributed by atoms with Crippen LogP contribution in [0.25, 0.3) is 11.3 Å². The molecule has 0 N–H and O–H groups in total. The Hall–Kier alpha value is -1.87. The Morgan fingerprint density at radius 2 is 1.61 bits per heavy atom. The van der Waals surface area contributed by atoms with Crippen molar-refractivity contribution in [1.29, 1.82) is 0 Å². The van der Waals surface area contributed by atoms with Crippen LogP contribution < -0.4 is 10.1 Å². The minimum atomic E-state index is 0.769. The van der Waals surface area contributed by atoms with Crippen molar-refractivity contribution in [3.8, 4) is 11.3 Å². The van der Waals surface area contributed by atoms with Gasteiger partial charge in [-0.1, -0.05) is 30.3 Å². The van der Waals surface area contributed by atoms with E-state index in [0.29, 0.717) is 0 Å². The molecule has 92 valence electrons. The van der Waals surface area contributed by atoms with Gasteiger partial charge in [-0.2, -0.15) is 4.58 Å². The predicted octanol–water partition coefficient (Wildman–Crippen LogP) is 1.75. The molecule has 0 amide bonds. The van der Waals surface area contributed by atoms with Gasteiger partial charge in [-0.15, -0.1) is 0 Å². The van der Waals surface area contributed by atoms with Gasteiger partial charge in [0, 0.05) is 5.56 Å². The molecule has 1 aliphatic heterocycles. The zero-order chi connectivity index (χ0) is 12.2. The highest BCUT2D eigenvalue weighted by Crippen LogP contribution is 2.15. The number of morpholine rings is 1. The van der Waals surface area contributed by atoms with E-state index in [0.717, 1.165) is 43.2 Å². The number of hydrogen-bond acceptors (Lipinski definition) is 2. The standard InChI is InChI=1S/C15H16NO2/c1-2-5-13(6-3-1)14-7-4-8-15(18-14)16-9-11-17-12-10-16/h1-8H,9-12H2/q+1. The molecule has 18 heavy (non-hydrogen) atoms. The molecule has 1 aromatic carbocycles. The number of ether oxygens (including phenoxy) is 1. The molecule has 0 bridgehead atoms. The number of benzene rings is 1. The van der Waals surface area contributed by atoms with Crippen LogP contribution in [0.5, 0.6) is 0 Å². The molecule has 0 atom stereocenters. The fourth-order valence-corrected chi connectivity index (χ4v) is 2.11. The van der Waals surface area contributed by atoms with Gasteiger partial charge in [-0.25, -0.2) is 0 Å². The highest BCUT2D eigenvalue weighted by atomic mass is 16.5. The molecule has 0 aliphatic carbocycles. The highest BCUT2D eigenvalue weighted by molar-refractivity contribution is 5.56. The first-order valence-corrected chi connectivity index (χ1v) is 6.25. The average Bonchev–Trinajstić information content (AvgIpc) is 2.49. The van der Waals surface area contributed by atoms with Gasteiger partial charge in [-0.3, -0.25) is 0 Å². The molecule has 2 aromatic rings. The molecule has 1 aromatic heterocycles. The van der Waals surface area contributed by atoms with Crippen molar-refractivity contribution in [2.45, 2.75) is 0 Å². The Morgan fingerprint density at radius 3 is 2.39 bits per heavy atom. The van der Waals surface area contributed by atoms with E-state index in [1.165, 1.54) is 0 Å². The molecular weight excluding hydrogens is 226 g/mol. The largest absolute Gasteiger partial charge is 0.405 e. The second-order valence-corrected chi connectivity index (χ2v) is 4.30. The number of rotatable bonds is 1. The maximum absolute atomic E-state index is 5.97. The molecular formula is C15H16NO2+. The first-order valence-electron chi connectivity index (χ1n) is 6.25. The highest BCUT2D eigenvalue weighted by Gasteiger charge is 2.13. The molecule has 2 heterocycles. The lowest BCUT2D eigenvalue weighted by molar-refractivity contribution is 0.0924. The van der Waals surface area contributed by atoms with Crippen LogP contribution in [0.15, 0.2) is 52.9 Å². The fraction of sp³-hybridized carbons (Fsp3) is 0.267. The molecule has 0 saturated carbocycles. The lowest BCUT2D eigenvalue weighted by Crippen LogP contribution is -2.39. The summed E-state index contributed by atoms with van der Waals surface area (Å²) in [4.78, 5) is 0. The molecule has 3 nitrogen and oxygen atoms in total. The molecule has 1 saturated heterocycles. The molecule has 1 aliphatic rings. The van der Waals surface area contributed by atoms with Crippen LogP contribution in [0.4, 0.5) is 0 Å². The molecule has 0 radical (unpaired) electrons. The smallest absolute Gasteiger partial charge is 0.368 e. The van der Waals surface area contributed by atoms with Crippen LogP contribution >= 0.6 is 0 Å². The lowest BCUT2D eigenvalue weighted by Gasteiger charge is -2.09. The molecule has 3 heteroatoms. The zero-order valence-corrected chi connectivity index (χ0v) is 10.2. The summed E-state index contributed by atoms with van der Waals surface area (Å²) in [5.41, 5.74) is 2.02. The summed E-state index contributed by atoms with van der Waals surface area (Å²) in [6, 6.07) is 16.2. The van der Waals surface area contributed by atoms with Crippen molar-refractivity contribution in [3.63, 3.8) is 0 Å². The van der Waals surface area contributed by atoms with Crippen molar-refractivity contribution in [2.24, 2.45) is 0 Å². The molecule has 0 unspecified atom stereocenters. The van der Waals surface area contributed by atoms with Gasteiger partial charge in [0.2, 0.25) is 0 Å². The van der Waals surface area contributed by atoms with E-state index in [-0.39, 0.29) is 0 Å². The Kier molecular flexibility index (Phi) is 3.24. The van der Waals surface area contributed by atoms with Crippen molar-refractivity contribution in [1.82, 2.24) is 4.58 Å². The van der Waals surface area contributed by atoms with Gasteiger partial charge in [0.1, 0.15) is 19.0 Å². The summed E-state index contributed by atoms with van der Waals surface area (Å²) < 4.78 is 13.5. The predicted molar refractivity (Wildman–Crippen MR) is 70.0 cm³/mol. The van der Waals surface area contributed by atoms with Gasteiger partial charge in [-0.05, 0) is 12.1 Å². The van der Waals surface area contributed by atoms with Crippen molar-refractivity contribution >= 4 is 0 Å². The Labute approximate surface area is 106 Å². The van der Waals surface area contributed by atoms with E-state index >= 15 is 0 Å². The summed E-state index contributed by atoms with van der Waals surface area (Å²) in [6.07, 6.45) is 0. The third-order valence-corrected chi connectivity index (χ3v) is 3.08. The fourth-order valence-electron chi connectivity index (χ4n) is 2.11. The normalized spacial score (nSPS) is 15.7. The Balaban J connectivity index is 2.04. The third kappa shape index (κ3) is 2.36. The van der Waals surface area contributed by atoms with E-state index in [1.807, 2.05) is 36.4 Å². The van der Waals surface area contributed by atoms with Crippen LogP contribution in [0, 0.1) is 0 Å². The summed E-state index contributed by atoms with van der Waals surface area (Å²) >= 11 is 0. The van der Waals surface area contributed by atoms with Crippen LogP contribution in [0.3, 0.4) is 0 Å². The van der Waals surface area contributed by atoms with E-state index in [1.54, 1.807) is 0 Å². The first-order chi connectivity index (χ1) is 8.93. The van der Waals surface area contributed by atoms with Crippen molar-refractivity contribution in [3.05, 3.63) is 54.1 Å². The summed E-state index contributed by atoms with van der Waals surface area (Å²) in [6.45, 7) is 3.32. The first kappa shape index (κ1) is 11.2. The van der Waals surface area contributed by atoms with Crippen LogP contribution in [0.2, 0.25) is 0 Å². The van der Waals surface area contributed by atoms with E-state index in [9.17, 15) is 0 Å². The van der Waals surface area contributed by atoms with Gasteiger partial charge in [0.15, 0.2) is 13.1 Å². The summed E-state index contributed by atoms with van der Waals surface area (Å²) in [5.74, 6) is 0.902. The third-order valence-electron chi connectivity index (χ3n) is 3.08. The average molecular weight is 242 g/mol. The van der Waals surface area contributed by atoms with E-state index in [2.05, 4.69) is 16.7 Å². The van der Waals surface area contributed by atoms with Gasteiger partial charge in [0.25, 0.3) is 0 Å². The minimum absolute atomic E-state index is 0.769. The molecule has 0 spiro atoms. The molecule has 1 fully saturated rings. The maximum atomic E-state index is 5.97. The van der Waals surface area contributed by atoms with Gasteiger partial charge in [0.05, 0.1) is 6.07 Å². The van der Waals surface area contributed by atoms with Crippen LogP contribution in [0.1, 0.15) is 0 Å². The Bertz CT molecular complexity index is 579. The maximum Gasteiger partial charge on any atom is 0.368 e. The molecule has 3 rings (SSSR count). The monoisotopic (exact) mass is 242 g/mol. The topological polar surface area (TPSA) is 25.4 Å². The second kappa shape index (κ2) is 5.19. The zero-order valence-electron chi connectivity index (χ0n) is 10.2. The summed E-state index contributed by atoms with van der Waals surface area (Å²) in [5, 5.41) is 0. The van der Waals surface area contributed by atoms with Gasteiger partial charge < -0.3 is 9.15 Å². The van der Waals surface area contributed by atoms with Crippen LogP contribution in [-0.4, -0.2) is 26.3 Å². The van der Waals surface area contributed by atoms with Crippen LogP contribution in [-0.2, 0) is 4.74 Å². The quantitative estimate of drug-likeness (QED) is 0.712. The summed E-state index contributed by atoms with van der Waals surface area (Å²) in [7, 11) is 0. The SMILES string of the molecule is c1ccc(-c2cccc(=[N+]3CCOCC3)o2)cc1.